The molecule has 0 bridgehead atoms. The van der Waals surface area contributed by atoms with Crippen molar-refractivity contribution >= 4 is 5.78 Å². The molecule has 3 fully saturated rings. The highest BCUT2D eigenvalue weighted by Crippen LogP contribution is 2.60. The van der Waals surface area contributed by atoms with Gasteiger partial charge in [0.15, 0.2) is 0 Å². The van der Waals surface area contributed by atoms with Gasteiger partial charge in [-0.1, -0.05) is 51.1 Å². The minimum absolute atomic E-state index is 0.266. The normalized spacial score (nSPS) is 40.5. The lowest BCUT2D eigenvalue weighted by Gasteiger charge is -2.48. The molecule has 1 aromatic carbocycles. The Kier molecular flexibility index (Phi) is 7.26. The Balaban J connectivity index is 1.34. The number of fused-ring (bicyclic) bond motifs is 1. The Morgan fingerprint density at radius 3 is 2.52 bits per heavy atom. The minimum atomic E-state index is 0.266. The van der Waals surface area contributed by atoms with E-state index in [0.717, 1.165) is 42.6 Å². The number of rotatable bonds is 7. The van der Waals surface area contributed by atoms with E-state index in [9.17, 15) is 4.79 Å². The lowest BCUT2D eigenvalue weighted by molar-refractivity contribution is -0.126. The van der Waals surface area contributed by atoms with Crippen LogP contribution in [0.2, 0.25) is 0 Å². The second kappa shape index (κ2) is 9.77. The maximum atomic E-state index is 12.3. The highest BCUT2D eigenvalue weighted by molar-refractivity contribution is 5.79. The zero-order chi connectivity index (χ0) is 22.0. The predicted molar refractivity (Wildman–Crippen MR) is 128 cm³/mol. The molecule has 1 aromatic rings. The number of ether oxygens (including phenoxy) is 1. The fraction of sp³-hybridized carbons (Fsp3) is 0.759. The summed E-state index contributed by atoms with van der Waals surface area (Å²) in [5.74, 6) is 4.74. The van der Waals surface area contributed by atoms with E-state index in [4.69, 9.17) is 4.74 Å². The summed E-state index contributed by atoms with van der Waals surface area (Å²) in [6.07, 6.45) is 11.8. The lowest BCUT2D eigenvalue weighted by atomic mass is 9.56. The van der Waals surface area contributed by atoms with Crippen LogP contribution in [-0.4, -0.2) is 11.9 Å². The van der Waals surface area contributed by atoms with E-state index in [1.54, 1.807) is 0 Å². The molecule has 3 saturated carbocycles. The monoisotopic (exact) mass is 424 g/mol. The van der Waals surface area contributed by atoms with Gasteiger partial charge in [-0.25, -0.2) is 0 Å². The molecule has 0 spiro atoms. The summed E-state index contributed by atoms with van der Waals surface area (Å²) in [6.45, 7) is 9.99. The minimum Gasteiger partial charge on any atom is -0.374 e. The van der Waals surface area contributed by atoms with Crippen LogP contribution in [0.5, 0.6) is 0 Å². The van der Waals surface area contributed by atoms with Crippen molar-refractivity contribution in [3.8, 4) is 0 Å². The predicted octanol–water partition coefficient (Wildman–Crippen LogP) is 7.46. The zero-order valence-corrected chi connectivity index (χ0v) is 20.3. The number of Topliss-reactive ketones (excluding diaryl/α,β-unsaturated/α-hetero) is 1. The summed E-state index contributed by atoms with van der Waals surface area (Å²) < 4.78 is 6.35. The second-order valence-electron chi connectivity index (χ2n) is 11.6. The summed E-state index contributed by atoms with van der Waals surface area (Å²) in [5, 5.41) is 0. The first-order valence-corrected chi connectivity index (χ1v) is 13.0. The van der Waals surface area contributed by atoms with Crippen LogP contribution in [-0.2, 0) is 16.1 Å². The van der Waals surface area contributed by atoms with E-state index in [2.05, 4.69) is 51.1 Å². The maximum Gasteiger partial charge on any atom is 0.133 e. The molecule has 0 aliphatic heterocycles. The molecule has 0 N–H and O–H groups in total. The van der Waals surface area contributed by atoms with E-state index >= 15 is 0 Å². The van der Waals surface area contributed by atoms with Crippen LogP contribution in [0.3, 0.4) is 0 Å². The van der Waals surface area contributed by atoms with E-state index in [1.165, 1.54) is 56.9 Å². The smallest absolute Gasteiger partial charge is 0.133 e. The third kappa shape index (κ3) is 4.95. The van der Waals surface area contributed by atoms with E-state index < -0.39 is 0 Å². The Morgan fingerprint density at radius 2 is 1.77 bits per heavy atom. The quantitative estimate of drug-likeness (QED) is 0.454. The van der Waals surface area contributed by atoms with E-state index in [1.807, 2.05) is 6.92 Å². The SMILES string of the molecule is CC(=O)C1CCC2C(CCC3C[C@@H](OCc4ccccc4)CC[C@H]3C)C(C)CC[C@]12C. The maximum absolute atomic E-state index is 12.3. The molecule has 0 saturated heterocycles. The average molecular weight is 425 g/mol. The van der Waals surface area contributed by atoms with E-state index in [-0.39, 0.29) is 5.41 Å². The summed E-state index contributed by atoms with van der Waals surface area (Å²) in [7, 11) is 0. The standard InChI is InChI=1S/C29H44O2/c1-20-10-12-25(31-19-23-8-6-5-7-9-23)18-24(20)11-13-26-21(2)16-17-29(4)27(22(3)30)14-15-28(26)29/h5-9,20-21,24-28H,10-19H2,1-4H3/t20-,21?,24?,25+,26?,27?,28?,29-/m1/s1. The number of carbonyl (C=O) groups excluding carboxylic acids is 1. The first kappa shape index (κ1) is 23.0. The van der Waals surface area contributed by atoms with Crippen molar-refractivity contribution in [3.63, 3.8) is 0 Å². The fourth-order valence-electron chi connectivity index (χ4n) is 7.75. The van der Waals surface area contributed by atoms with Gasteiger partial charge >= 0.3 is 0 Å². The van der Waals surface area contributed by atoms with Gasteiger partial charge in [-0.05, 0) is 105 Å². The van der Waals surface area contributed by atoms with Crippen molar-refractivity contribution in [1.29, 1.82) is 0 Å². The van der Waals surface area contributed by atoms with Gasteiger partial charge in [0.2, 0.25) is 0 Å². The van der Waals surface area contributed by atoms with Gasteiger partial charge in [0, 0.05) is 5.92 Å². The molecular weight excluding hydrogens is 380 g/mol. The van der Waals surface area contributed by atoms with Gasteiger partial charge in [0.1, 0.15) is 5.78 Å². The molecule has 0 heterocycles. The molecule has 0 radical (unpaired) electrons. The van der Waals surface area contributed by atoms with Gasteiger partial charge in [-0.3, -0.25) is 4.79 Å². The highest BCUT2D eigenvalue weighted by atomic mass is 16.5. The molecule has 31 heavy (non-hydrogen) atoms. The van der Waals surface area contributed by atoms with Crippen molar-refractivity contribution < 1.29 is 9.53 Å². The third-order valence-electron chi connectivity index (χ3n) is 9.80. The summed E-state index contributed by atoms with van der Waals surface area (Å²) in [4.78, 5) is 12.3. The summed E-state index contributed by atoms with van der Waals surface area (Å²) >= 11 is 0. The number of carbonyl (C=O) groups is 1. The van der Waals surface area contributed by atoms with Gasteiger partial charge in [-0.2, -0.15) is 0 Å². The Morgan fingerprint density at radius 1 is 1.00 bits per heavy atom. The van der Waals surface area contributed by atoms with Crippen LogP contribution >= 0.6 is 0 Å². The van der Waals surface area contributed by atoms with Crippen LogP contribution in [0.15, 0.2) is 30.3 Å². The van der Waals surface area contributed by atoms with Gasteiger partial charge < -0.3 is 4.74 Å². The first-order valence-electron chi connectivity index (χ1n) is 13.0. The van der Waals surface area contributed by atoms with Gasteiger partial charge in [0.25, 0.3) is 0 Å². The highest BCUT2D eigenvalue weighted by Gasteiger charge is 2.54. The molecule has 3 aliphatic carbocycles. The summed E-state index contributed by atoms with van der Waals surface area (Å²) in [5.41, 5.74) is 1.55. The van der Waals surface area contributed by atoms with Crippen LogP contribution in [0.25, 0.3) is 0 Å². The second-order valence-corrected chi connectivity index (χ2v) is 11.6. The number of benzene rings is 1. The van der Waals surface area contributed by atoms with Crippen molar-refractivity contribution in [3.05, 3.63) is 35.9 Å². The molecule has 4 rings (SSSR count). The fourth-order valence-corrected chi connectivity index (χ4v) is 7.75. The summed E-state index contributed by atoms with van der Waals surface area (Å²) in [6, 6.07) is 10.6. The average Bonchev–Trinajstić information content (AvgIpc) is 3.12. The zero-order valence-electron chi connectivity index (χ0n) is 20.3. The molecular formula is C29H44O2. The van der Waals surface area contributed by atoms with Crippen molar-refractivity contribution in [2.24, 2.45) is 40.9 Å². The molecule has 0 aromatic heterocycles. The lowest BCUT2D eigenvalue weighted by Crippen LogP contribution is -2.42. The number of hydrogen-bond donors (Lipinski definition) is 0. The van der Waals surface area contributed by atoms with Crippen LogP contribution in [0, 0.1) is 40.9 Å². The van der Waals surface area contributed by atoms with Crippen LogP contribution in [0.4, 0.5) is 0 Å². The molecule has 3 aliphatic rings. The van der Waals surface area contributed by atoms with Gasteiger partial charge in [0.05, 0.1) is 12.7 Å². The van der Waals surface area contributed by atoms with Gasteiger partial charge in [-0.15, -0.1) is 0 Å². The first-order chi connectivity index (χ1) is 14.9. The van der Waals surface area contributed by atoms with Crippen molar-refractivity contribution in [2.75, 3.05) is 0 Å². The molecule has 2 heteroatoms. The molecule has 2 nitrogen and oxygen atoms in total. The van der Waals surface area contributed by atoms with Crippen molar-refractivity contribution in [1.82, 2.24) is 0 Å². The number of hydrogen-bond acceptors (Lipinski definition) is 2. The molecule has 8 atom stereocenters. The third-order valence-corrected chi connectivity index (χ3v) is 9.80. The molecule has 5 unspecified atom stereocenters. The van der Waals surface area contributed by atoms with E-state index in [0.29, 0.717) is 17.8 Å². The molecule has 0 amide bonds. The van der Waals surface area contributed by atoms with Crippen LogP contribution < -0.4 is 0 Å². The Bertz CT molecular complexity index is 728. The molecule has 172 valence electrons. The Hall–Kier alpha value is -1.15. The topological polar surface area (TPSA) is 26.3 Å². The largest absolute Gasteiger partial charge is 0.374 e. The Labute approximate surface area is 190 Å². The van der Waals surface area contributed by atoms with Crippen LogP contribution in [0.1, 0.15) is 91.0 Å². The van der Waals surface area contributed by atoms with Crippen molar-refractivity contribution in [2.45, 2.75) is 98.2 Å². The number of ketones is 1.